The standard InChI is InChI=1S/C19H27F3N4O7/c20-19(21,22)17(31)24-6-4-2-1-3-5-23-14(29)7-11-9-26(18(32)25-16(11)30)15-8-12(28)13(10-27)33-15/h9,12-13,15,27-28H,1-8,10H2,(H,23,29)(H,24,31)(H,25,30,32)/t12-,13+,15+/m0/s1. The maximum absolute atomic E-state index is 12.1. The minimum Gasteiger partial charge on any atom is -0.394 e. The maximum atomic E-state index is 12.1. The van der Waals surface area contributed by atoms with E-state index in [1.807, 2.05) is 0 Å². The van der Waals surface area contributed by atoms with Crippen molar-refractivity contribution >= 4 is 11.8 Å². The number of nitrogens with zero attached hydrogens (tertiary/aromatic N) is 1. The summed E-state index contributed by atoms with van der Waals surface area (Å²) >= 11 is 0. The largest absolute Gasteiger partial charge is 0.471 e. The van der Waals surface area contributed by atoms with Crippen LogP contribution in [0, 0.1) is 0 Å². The number of nitrogens with one attached hydrogen (secondary N) is 3. The molecule has 0 bridgehead atoms. The van der Waals surface area contributed by atoms with Gasteiger partial charge < -0.3 is 25.6 Å². The van der Waals surface area contributed by atoms with Crippen molar-refractivity contribution in [2.24, 2.45) is 0 Å². The average Bonchev–Trinajstić information content (AvgIpc) is 3.11. The lowest BCUT2D eigenvalue weighted by Gasteiger charge is -2.15. The molecule has 0 saturated carbocycles. The summed E-state index contributed by atoms with van der Waals surface area (Å²) in [5.41, 5.74) is -1.49. The minimum atomic E-state index is -4.90. The van der Waals surface area contributed by atoms with Crippen LogP contribution in [0.15, 0.2) is 15.8 Å². The molecule has 1 fully saturated rings. The molecule has 186 valence electrons. The Kier molecular flexibility index (Phi) is 9.61. The van der Waals surface area contributed by atoms with Crippen molar-refractivity contribution in [1.82, 2.24) is 20.2 Å². The van der Waals surface area contributed by atoms with E-state index in [0.29, 0.717) is 25.7 Å². The lowest BCUT2D eigenvalue weighted by atomic mass is 10.2. The molecule has 5 N–H and O–H groups in total. The summed E-state index contributed by atoms with van der Waals surface area (Å²) in [4.78, 5) is 49.0. The molecule has 1 aliphatic rings. The van der Waals surface area contributed by atoms with Crippen molar-refractivity contribution in [2.75, 3.05) is 19.7 Å². The second kappa shape index (κ2) is 12.0. The highest BCUT2D eigenvalue weighted by Crippen LogP contribution is 2.27. The molecule has 3 atom stereocenters. The highest BCUT2D eigenvalue weighted by molar-refractivity contribution is 5.81. The van der Waals surface area contributed by atoms with E-state index in [1.54, 1.807) is 5.32 Å². The first kappa shape index (κ1) is 26.5. The molecule has 2 amide bonds. The number of rotatable bonds is 11. The zero-order valence-corrected chi connectivity index (χ0v) is 17.7. The van der Waals surface area contributed by atoms with Crippen LogP contribution in [0.2, 0.25) is 0 Å². The topological polar surface area (TPSA) is 163 Å². The molecule has 1 aromatic heterocycles. The van der Waals surface area contributed by atoms with Crippen LogP contribution >= 0.6 is 0 Å². The first-order valence-corrected chi connectivity index (χ1v) is 10.4. The van der Waals surface area contributed by atoms with Crippen LogP contribution in [0.4, 0.5) is 13.2 Å². The predicted molar refractivity (Wildman–Crippen MR) is 107 cm³/mol. The van der Waals surface area contributed by atoms with Crippen molar-refractivity contribution < 1.29 is 37.7 Å². The van der Waals surface area contributed by atoms with Crippen LogP contribution in [0.3, 0.4) is 0 Å². The summed E-state index contributed by atoms with van der Waals surface area (Å²) in [7, 11) is 0. The number of carbonyl (C=O) groups excluding carboxylic acids is 2. The molecule has 1 aliphatic heterocycles. The van der Waals surface area contributed by atoms with Crippen molar-refractivity contribution in [3.05, 3.63) is 32.6 Å². The molecular weight excluding hydrogens is 453 g/mol. The molecular formula is C19H27F3N4O7. The molecule has 0 spiro atoms. The third kappa shape index (κ3) is 7.98. The second-order valence-electron chi connectivity index (χ2n) is 7.63. The predicted octanol–water partition coefficient (Wildman–Crippen LogP) is -0.925. The van der Waals surface area contributed by atoms with E-state index in [2.05, 4.69) is 10.3 Å². The lowest BCUT2D eigenvalue weighted by Crippen LogP contribution is -2.37. The number of aromatic nitrogens is 2. The monoisotopic (exact) mass is 480 g/mol. The molecule has 2 rings (SSSR count). The Labute approximate surface area is 185 Å². The summed E-state index contributed by atoms with van der Waals surface area (Å²) in [5, 5.41) is 23.4. The molecule has 11 nitrogen and oxygen atoms in total. The van der Waals surface area contributed by atoms with Crippen molar-refractivity contribution in [3.8, 4) is 0 Å². The van der Waals surface area contributed by atoms with E-state index in [1.165, 1.54) is 6.20 Å². The fourth-order valence-corrected chi connectivity index (χ4v) is 3.29. The van der Waals surface area contributed by atoms with Gasteiger partial charge >= 0.3 is 17.8 Å². The first-order chi connectivity index (χ1) is 15.5. The number of aromatic amines is 1. The van der Waals surface area contributed by atoms with Crippen LogP contribution < -0.4 is 21.9 Å². The smallest absolute Gasteiger partial charge is 0.394 e. The summed E-state index contributed by atoms with van der Waals surface area (Å²) in [5.74, 6) is -2.44. The van der Waals surface area contributed by atoms with E-state index < -0.39 is 54.3 Å². The molecule has 0 unspecified atom stereocenters. The number of carbonyl (C=O) groups is 2. The summed E-state index contributed by atoms with van der Waals surface area (Å²) in [6.07, 6.45) is -4.65. The molecule has 0 radical (unpaired) electrons. The van der Waals surface area contributed by atoms with E-state index in [-0.39, 0.29) is 31.5 Å². The fourth-order valence-electron chi connectivity index (χ4n) is 3.29. The van der Waals surface area contributed by atoms with Crippen LogP contribution in [0.5, 0.6) is 0 Å². The Morgan fingerprint density at radius 1 is 1.15 bits per heavy atom. The number of unbranched alkanes of at least 4 members (excludes halogenated alkanes) is 3. The number of aliphatic hydroxyl groups excluding tert-OH is 2. The Morgan fingerprint density at radius 3 is 2.36 bits per heavy atom. The molecule has 1 aromatic rings. The van der Waals surface area contributed by atoms with Crippen LogP contribution in [-0.2, 0) is 20.7 Å². The van der Waals surface area contributed by atoms with Gasteiger partial charge in [0.25, 0.3) is 5.56 Å². The second-order valence-corrected chi connectivity index (χ2v) is 7.63. The third-order valence-corrected chi connectivity index (χ3v) is 5.06. The third-order valence-electron chi connectivity index (χ3n) is 5.06. The fraction of sp³-hybridized carbons (Fsp3) is 0.684. The number of aliphatic hydroxyl groups is 2. The number of halogens is 3. The zero-order valence-electron chi connectivity index (χ0n) is 17.7. The number of amides is 2. The van der Waals surface area contributed by atoms with E-state index >= 15 is 0 Å². The average molecular weight is 480 g/mol. The minimum absolute atomic E-state index is 0.0121. The molecule has 1 saturated heterocycles. The van der Waals surface area contributed by atoms with Crippen molar-refractivity contribution in [1.29, 1.82) is 0 Å². The molecule has 33 heavy (non-hydrogen) atoms. The van der Waals surface area contributed by atoms with Gasteiger partial charge in [-0.05, 0) is 12.8 Å². The van der Waals surface area contributed by atoms with Gasteiger partial charge in [0.15, 0.2) is 0 Å². The van der Waals surface area contributed by atoms with E-state index in [9.17, 15) is 37.5 Å². The van der Waals surface area contributed by atoms with Gasteiger partial charge in [-0.25, -0.2) is 4.79 Å². The van der Waals surface area contributed by atoms with Gasteiger partial charge in [0, 0.05) is 31.3 Å². The Morgan fingerprint density at radius 2 is 1.79 bits per heavy atom. The van der Waals surface area contributed by atoms with Gasteiger partial charge in [0.05, 0.1) is 19.1 Å². The van der Waals surface area contributed by atoms with Crippen molar-refractivity contribution in [2.45, 2.75) is 63.1 Å². The van der Waals surface area contributed by atoms with Gasteiger partial charge in [-0.15, -0.1) is 0 Å². The SMILES string of the molecule is O=C(Cc1cn([C@H]2C[C@H](O)[C@@H](CO)O2)c(=O)[nH]c1=O)NCCCCCCNC(=O)C(F)(F)F. The first-order valence-electron chi connectivity index (χ1n) is 10.4. The van der Waals surface area contributed by atoms with Crippen LogP contribution in [-0.4, -0.2) is 69.7 Å². The summed E-state index contributed by atoms with van der Waals surface area (Å²) < 4.78 is 42.6. The normalized spacial score (nSPS) is 20.6. The number of hydrogen-bond acceptors (Lipinski definition) is 7. The highest BCUT2D eigenvalue weighted by Gasteiger charge is 2.38. The molecule has 0 aromatic carbocycles. The summed E-state index contributed by atoms with van der Waals surface area (Å²) in [6, 6.07) is 0. The number of alkyl halides is 3. The maximum Gasteiger partial charge on any atom is 0.471 e. The van der Waals surface area contributed by atoms with E-state index in [0.717, 1.165) is 4.57 Å². The number of ether oxygens (including phenoxy) is 1. The Hall–Kier alpha value is -2.71. The zero-order chi connectivity index (χ0) is 24.6. The Balaban J connectivity index is 1.74. The number of hydrogen-bond donors (Lipinski definition) is 5. The van der Waals surface area contributed by atoms with Gasteiger partial charge in [0.1, 0.15) is 12.3 Å². The highest BCUT2D eigenvalue weighted by atomic mass is 19.4. The lowest BCUT2D eigenvalue weighted by molar-refractivity contribution is -0.173. The van der Waals surface area contributed by atoms with Crippen LogP contribution in [0.25, 0.3) is 0 Å². The van der Waals surface area contributed by atoms with Crippen molar-refractivity contribution in [3.63, 3.8) is 0 Å². The van der Waals surface area contributed by atoms with Gasteiger partial charge in [-0.1, -0.05) is 12.8 Å². The quantitative estimate of drug-likeness (QED) is 0.256. The Bertz CT molecular complexity index is 931. The van der Waals surface area contributed by atoms with E-state index in [4.69, 9.17) is 9.84 Å². The molecule has 14 heteroatoms. The number of H-pyrrole nitrogens is 1. The molecule has 2 heterocycles. The van der Waals surface area contributed by atoms with Gasteiger partial charge in [-0.3, -0.25) is 23.9 Å². The van der Waals surface area contributed by atoms with Gasteiger partial charge in [0.2, 0.25) is 5.91 Å². The van der Waals surface area contributed by atoms with Crippen LogP contribution in [0.1, 0.15) is 43.9 Å². The summed E-state index contributed by atoms with van der Waals surface area (Å²) in [6.45, 7) is -0.251. The molecule has 0 aliphatic carbocycles. The van der Waals surface area contributed by atoms with Gasteiger partial charge in [-0.2, -0.15) is 13.2 Å².